The predicted octanol–water partition coefficient (Wildman–Crippen LogP) is 1.89. The van der Waals surface area contributed by atoms with Gasteiger partial charge in [-0.3, -0.25) is 5.10 Å². The number of aromatic amines is 1. The standard InChI is InChI=1S/C11H15F2N3/c12-10(13)9-2-8(15-16-9)1-7-3-11(4-7)5-14-6-11/h2,7,10,14H,1,3-6H2,(H,15,16). The molecule has 88 valence electrons. The summed E-state index contributed by atoms with van der Waals surface area (Å²) in [5.41, 5.74) is 1.27. The number of aromatic nitrogens is 2. The monoisotopic (exact) mass is 227 g/mol. The van der Waals surface area contributed by atoms with E-state index in [9.17, 15) is 8.78 Å². The van der Waals surface area contributed by atoms with Gasteiger partial charge in [-0.25, -0.2) is 8.78 Å². The Bertz CT molecular complexity index is 376. The molecule has 1 aliphatic carbocycles. The Morgan fingerprint density at radius 2 is 2.19 bits per heavy atom. The maximum Gasteiger partial charge on any atom is 0.282 e. The summed E-state index contributed by atoms with van der Waals surface area (Å²) in [5, 5.41) is 9.60. The van der Waals surface area contributed by atoms with Crippen molar-refractivity contribution in [1.29, 1.82) is 0 Å². The first kappa shape index (κ1) is 10.2. The molecule has 2 N–H and O–H groups in total. The number of nitrogens with zero attached hydrogens (tertiary/aromatic N) is 1. The highest BCUT2D eigenvalue weighted by Gasteiger charge is 2.48. The molecule has 1 spiro atoms. The van der Waals surface area contributed by atoms with Crippen LogP contribution in [0.3, 0.4) is 0 Å². The van der Waals surface area contributed by atoms with Crippen LogP contribution >= 0.6 is 0 Å². The molecule has 0 amide bonds. The van der Waals surface area contributed by atoms with Crippen LogP contribution in [0.5, 0.6) is 0 Å². The molecular formula is C11H15F2N3. The molecule has 1 saturated heterocycles. The third-order valence-electron chi connectivity index (χ3n) is 3.83. The minimum absolute atomic E-state index is 0.130. The van der Waals surface area contributed by atoms with E-state index in [-0.39, 0.29) is 5.69 Å². The van der Waals surface area contributed by atoms with Crippen LogP contribution in [-0.4, -0.2) is 23.3 Å². The molecule has 0 unspecified atom stereocenters. The Morgan fingerprint density at radius 1 is 1.44 bits per heavy atom. The Kier molecular flexibility index (Phi) is 2.24. The molecule has 16 heavy (non-hydrogen) atoms. The maximum absolute atomic E-state index is 12.3. The first-order valence-corrected chi connectivity index (χ1v) is 5.70. The van der Waals surface area contributed by atoms with Crippen molar-refractivity contribution < 1.29 is 8.78 Å². The maximum atomic E-state index is 12.3. The van der Waals surface area contributed by atoms with E-state index in [4.69, 9.17) is 0 Å². The molecular weight excluding hydrogens is 212 g/mol. The van der Waals surface area contributed by atoms with Gasteiger partial charge in [0.1, 0.15) is 5.69 Å². The quantitative estimate of drug-likeness (QED) is 0.827. The fraction of sp³-hybridized carbons (Fsp3) is 0.727. The highest BCUT2D eigenvalue weighted by atomic mass is 19.3. The Hall–Kier alpha value is -0.970. The average molecular weight is 227 g/mol. The van der Waals surface area contributed by atoms with Crippen molar-refractivity contribution in [3.63, 3.8) is 0 Å². The van der Waals surface area contributed by atoms with E-state index in [1.165, 1.54) is 18.9 Å². The Labute approximate surface area is 92.6 Å². The van der Waals surface area contributed by atoms with Gasteiger partial charge in [0.05, 0.1) is 0 Å². The minimum atomic E-state index is -2.46. The fourth-order valence-corrected chi connectivity index (χ4v) is 2.98. The van der Waals surface area contributed by atoms with Gasteiger partial charge in [0, 0.05) is 18.8 Å². The van der Waals surface area contributed by atoms with E-state index in [0.717, 1.165) is 25.2 Å². The van der Waals surface area contributed by atoms with E-state index in [0.29, 0.717) is 11.3 Å². The molecule has 5 heteroatoms. The number of hydrogen-bond donors (Lipinski definition) is 2. The molecule has 2 aliphatic rings. The lowest BCUT2D eigenvalue weighted by Crippen LogP contribution is -2.60. The van der Waals surface area contributed by atoms with Crippen LogP contribution in [0.4, 0.5) is 8.78 Å². The third kappa shape index (κ3) is 1.63. The van der Waals surface area contributed by atoms with Gasteiger partial charge in [-0.15, -0.1) is 0 Å². The number of nitrogens with one attached hydrogen (secondary N) is 2. The van der Waals surface area contributed by atoms with E-state index in [1.54, 1.807) is 0 Å². The summed E-state index contributed by atoms with van der Waals surface area (Å²) in [5.74, 6) is 0.646. The lowest BCUT2D eigenvalue weighted by molar-refractivity contribution is 0.000480. The SMILES string of the molecule is FC(F)c1cc(CC2CC3(CNC3)C2)[nH]n1. The van der Waals surface area contributed by atoms with Crippen LogP contribution in [0.2, 0.25) is 0 Å². The molecule has 3 nitrogen and oxygen atoms in total. The summed E-state index contributed by atoms with van der Waals surface area (Å²) in [6.07, 6.45) is 0.849. The lowest BCUT2D eigenvalue weighted by atomic mass is 9.57. The second-order valence-corrected chi connectivity index (χ2v) is 5.20. The van der Waals surface area contributed by atoms with E-state index in [2.05, 4.69) is 15.5 Å². The van der Waals surface area contributed by atoms with Gasteiger partial charge in [0.15, 0.2) is 0 Å². The first-order chi connectivity index (χ1) is 7.67. The fourth-order valence-electron chi connectivity index (χ4n) is 2.98. The second-order valence-electron chi connectivity index (χ2n) is 5.20. The number of hydrogen-bond acceptors (Lipinski definition) is 2. The van der Waals surface area contributed by atoms with Gasteiger partial charge in [-0.2, -0.15) is 5.10 Å². The van der Waals surface area contributed by atoms with Crippen molar-refractivity contribution in [3.8, 4) is 0 Å². The molecule has 3 rings (SSSR count). The summed E-state index contributed by atoms with van der Waals surface area (Å²) in [7, 11) is 0. The van der Waals surface area contributed by atoms with Crippen LogP contribution in [0.1, 0.15) is 30.7 Å². The zero-order chi connectivity index (χ0) is 11.2. The molecule has 0 radical (unpaired) electrons. The minimum Gasteiger partial charge on any atom is -0.316 e. The van der Waals surface area contributed by atoms with Gasteiger partial charge < -0.3 is 5.32 Å². The second kappa shape index (κ2) is 3.52. The first-order valence-electron chi connectivity index (χ1n) is 5.70. The van der Waals surface area contributed by atoms with Crippen molar-refractivity contribution in [3.05, 3.63) is 17.5 Å². The van der Waals surface area contributed by atoms with Crippen molar-refractivity contribution in [2.45, 2.75) is 25.7 Å². The lowest BCUT2D eigenvalue weighted by Gasteiger charge is -2.54. The number of halogens is 2. The number of alkyl halides is 2. The number of rotatable bonds is 3. The van der Waals surface area contributed by atoms with Crippen LogP contribution < -0.4 is 5.32 Å². The highest BCUT2D eigenvalue weighted by molar-refractivity contribution is 5.13. The molecule has 0 bridgehead atoms. The van der Waals surface area contributed by atoms with E-state index < -0.39 is 6.43 Å². The van der Waals surface area contributed by atoms with Crippen LogP contribution in [-0.2, 0) is 6.42 Å². The van der Waals surface area contributed by atoms with Gasteiger partial charge in [0.25, 0.3) is 6.43 Å². The summed E-state index contributed by atoms with van der Waals surface area (Å²) < 4.78 is 24.6. The topological polar surface area (TPSA) is 40.7 Å². The third-order valence-corrected chi connectivity index (χ3v) is 3.83. The van der Waals surface area contributed by atoms with Gasteiger partial charge in [-0.1, -0.05) is 0 Å². The molecule has 2 heterocycles. The highest BCUT2D eigenvalue weighted by Crippen LogP contribution is 2.49. The van der Waals surface area contributed by atoms with Crippen LogP contribution in [0.15, 0.2) is 6.07 Å². The van der Waals surface area contributed by atoms with E-state index >= 15 is 0 Å². The Balaban J connectivity index is 1.55. The summed E-state index contributed by atoms with van der Waals surface area (Å²) in [6, 6.07) is 1.49. The van der Waals surface area contributed by atoms with Crippen molar-refractivity contribution in [2.75, 3.05) is 13.1 Å². The zero-order valence-corrected chi connectivity index (χ0v) is 8.97. The van der Waals surface area contributed by atoms with Crippen LogP contribution in [0, 0.1) is 11.3 Å². The van der Waals surface area contributed by atoms with Gasteiger partial charge in [-0.05, 0) is 36.7 Å². The molecule has 1 saturated carbocycles. The molecule has 0 atom stereocenters. The Morgan fingerprint density at radius 3 is 2.69 bits per heavy atom. The zero-order valence-electron chi connectivity index (χ0n) is 8.97. The molecule has 1 aromatic heterocycles. The molecule has 0 aromatic carbocycles. The largest absolute Gasteiger partial charge is 0.316 e. The van der Waals surface area contributed by atoms with E-state index in [1.807, 2.05) is 0 Å². The number of H-pyrrole nitrogens is 1. The van der Waals surface area contributed by atoms with Crippen molar-refractivity contribution in [1.82, 2.24) is 15.5 Å². The summed E-state index contributed by atoms with van der Waals surface area (Å²) in [6.45, 7) is 2.27. The van der Waals surface area contributed by atoms with Crippen molar-refractivity contribution >= 4 is 0 Å². The summed E-state index contributed by atoms with van der Waals surface area (Å²) in [4.78, 5) is 0. The summed E-state index contributed by atoms with van der Waals surface area (Å²) >= 11 is 0. The normalized spacial score (nSPS) is 23.4. The van der Waals surface area contributed by atoms with Gasteiger partial charge in [0.2, 0.25) is 0 Å². The smallest absolute Gasteiger partial charge is 0.282 e. The molecule has 1 aliphatic heterocycles. The molecule has 2 fully saturated rings. The average Bonchev–Trinajstić information content (AvgIpc) is 2.55. The van der Waals surface area contributed by atoms with Gasteiger partial charge >= 0.3 is 0 Å². The molecule has 1 aromatic rings. The van der Waals surface area contributed by atoms with Crippen molar-refractivity contribution in [2.24, 2.45) is 11.3 Å². The predicted molar refractivity (Wildman–Crippen MR) is 55.3 cm³/mol. The van der Waals surface area contributed by atoms with Crippen LogP contribution in [0.25, 0.3) is 0 Å².